The summed E-state index contributed by atoms with van der Waals surface area (Å²) in [6.07, 6.45) is 5.90. The highest BCUT2D eigenvalue weighted by molar-refractivity contribution is 6.02. The average Bonchev–Trinajstić information content (AvgIpc) is 3.23. The Kier molecular flexibility index (Phi) is 7.07. The number of carbonyl (C=O) groups excluding carboxylic acids is 1. The number of nitrogens with one attached hydrogen (secondary N) is 1. The van der Waals surface area contributed by atoms with Crippen LogP contribution in [0.5, 0.6) is 11.5 Å². The van der Waals surface area contributed by atoms with Gasteiger partial charge in [-0.15, -0.1) is 0 Å². The molecule has 8 nitrogen and oxygen atoms in total. The van der Waals surface area contributed by atoms with Crippen LogP contribution in [0.15, 0.2) is 59.1 Å². The zero-order valence-electron chi connectivity index (χ0n) is 17.8. The third kappa shape index (κ3) is 5.63. The summed E-state index contributed by atoms with van der Waals surface area (Å²) >= 11 is 0. The van der Waals surface area contributed by atoms with Gasteiger partial charge in [-0.25, -0.2) is 0 Å². The topological polar surface area (TPSA) is 104 Å². The minimum atomic E-state index is -0.534. The normalized spacial score (nSPS) is 11.1. The van der Waals surface area contributed by atoms with E-state index in [0.29, 0.717) is 34.1 Å². The molecule has 0 unspecified atom stereocenters. The number of nitro groups is 1. The molecule has 2 aromatic carbocycles. The number of hydrogen-bond donors (Lipinski definition) is 1. The number of methoxy groups -OCH3 is 2. The number of benzene rings is 2. The van der Waals surface area contributed by atoms with Crippen LogP contribution in [0.4, 0.5) is 5.69 Å². The maximum atomic E-state index is 12.2. The standard InChI is InChI=1S/C24H22N2O6/c1-16-4-11-22(32-16)24(27)25-19-9-6-17(7-10-19)5-8-18-14-20(30-2)15-23(31-3)21(18)12-13-26(28)29/h4-15H,1-3H3,(H,25,27)/b8-5+,13-12+. The van der Waals surface area contributed by atoms with Crippen LogP contribution in [0.25, 0.3) is 18.2 Å². The van der Waals surface area contributed by atoms with Crippen LogP contribution in [0.2, 0.25) is 0 Å². The van der Waals surface area contributed by atoms with Crippen molar-refractivity contribution in [1.29, 1.82) is 0 Å². The van der Waals surface area contributed by atoms with E-state index in [1.165, 1.54) is 20.3 Å². The van der Waals surface area contributed by atoms with E-state index < -0.39 is 4.92 Å². The molecule has 0 saturated carbocycles. The first-order valence-corrected chi connectivity index (χ1v) is 9.63. The van der Waals surface area contributed by atoms with E-state index >= 15 is 0 Å². The van der Waals surface area contributed by atoms with Crippen molar-refractivity contribution in [1.82, 2.24) is 0 Å². The van der Waals surface area contributed by atoms with Gasteiger partial charge in [-0.1, -0.05) is 24.3 Å². The smallest absolute Gasteiger partial charge is 0.291 e. The summed E-state index contributed by atoms with van der Waals surface area (Å²) in [4.78, 5) is 22.4. The molecule has 1 aromatic heterocycles. The van der Waals surface area contributed by atoms with Crippen LogP contribution >= 0.6 is 0 Å². The maximum absolute atomic E-state index is 12.2. The number of hydrogen-bond acceptors (Lipinski definition) is 6. The minimum absolute atomic E-state index is 0.244. The fourth-order valence-electron chi connectivity index (χ4n) is 2.97. The summed E-state index contributed by atoms with van der Waals surface area (Å²) in [5.74, 6) is 1.59. The third-order valence-electron chi connectivity index (χ3n) is 4.55. The van der Waals surface area contributed by atoms with Gasteiger partial charge in [0.1, 0.15) is 17.3 Å². The van der Waals surface area contributed by atoms with Crippen molar-refractivity contribution in [3.8, 4) is 11.5 Å². The second-order valence-corrected chi connectivity index (χ2v) is 6.75. The van der Waals surface area contributed by atoms with Crippen LogP contribution < -0.4 is 14.8 Å². The zero-order chi connectivity index (χ0) is 23.1. The number of rotatable bonds is 8. The summed E-state index contributed by atoms with van der Waals surface area (Å²) in [5.41, 5.74) is 2.73. The minimum Gasteiger partial charge on any atom is -0.497 e. The number of nitrogens with zero attached hydrogens (tertiary/aromatic N) is 1. The second-order valence-electron chi connectivity index (χ2n) is 6.75. The van der Waals surface area contributed by atoms with Gasteiger partial charge in [0.2, 0.25) is 6.20 Å². The quantitative estimate of drug-likeness (QED) is 0.294. The third-order valence-corrected chi connectivity index (χ3v) is 4.55. The Balaban J connectivity index is 1.82. The Bertz CT molecular complexity index is 1180. The van der Waals surface area contributed by atoms with Gasteiger partial charge in [-0.2, -0.15) is 0 Å². The number of amides is 1. The van der Waals surface area contributed by atoms with Gasteiger partial charge in [0.25, 0.3) is 5.91 Å². The van der Waals surface area contributed by atoms with Crippen LogP contribution in [0, 0.1) is 17.0 Å². The molecule has 3 rings (SSSR count). The van der Waals surface area contributed by atoms with Gasteiger partial charge >= 0.3 is 0 Å². The summed E-state index contributed by atoms with van der Waals surface area (Å²) in [6.45, 7) is 1.77. The van der Waals surface area contributed by atoms with E-state index in [0.717, 1.165) is 11.8 Å². The highest BCUT2D eigenvalue weighted by Crippen LogP contribution is 2.31. The predicted molar refractivity (Wildman–Crippen MR) is 122 cm³/mol. The summed E-state index contributed by atoms with van der Waals surface area (Å²) in [7, 11) is 3.02. The maximum Gasteiger partial charge on any atom is 0.291 e. The molecule has 1 N–H and O–H groups in total. The van der Waals surface area contributed by atoms with E-state index in [1.807, 2.05) is 24.3 Å². The summed E-state index contributed by atoms with van der Waals surface area (Å²) in [5, 5.41) is 13.6. The first kappa shape index (κ1) is 22.4. The molecule has 0 atom stereocenters. The molecule has 3 aromatic rings. The molecule has 164 valence electrons. The highest BCUT2D eigenvalue weighted by Gasteiger charge is 2.11. The van der Waals surface area contributed by atoms with E-state index in [1.54, 1.807) is 43.3 Å². The van der Waals surface area contributed by atoms with Crippen molar-refractivity contribution in [3.63, 3.8) is 0 Å². The second kappa shape index (κ2) is 10.1. The molecule has 0 saturated heterocycles. The van der Waals surface area contributed by atoms with Crippen molar-refractivity contribution in [2.24, 2.45) is 0 Å². The van der Waals surface area contributed by atoms with Crippen molar-refractivity contribution in [3.05, 3.63) is 93.1 Å². The Hall–Kier alpha value is -4.33. The highest BCUT2D eigenvalue weighted by atomic mass is 16.6. The molecule has 8 heteroatoms. The Morgan fingerprint density at radius 3 is 2.38 bits per heavy atom. The first-order chi connectivity index (χ1) is 15.4. The molecule has 0 fully saturated rings. The van der Waals surface area contributed by atoms with E-state index in [2.05, 4.69) is 5.32 Å². The van der Waals surface area contributed by atoms with Crippen LogP contribution in [-0.4, -0.2) is 25.1 Å². The molecule has 0 spiro atoms. The molecule has 0 radical (unpaired) electrons. The van der Waals surface area contributed by atoms with Gasteiger partial charge in [-0.05, 0) is 48.4 Å². The lowest BCUT2D eigenvalue weighted by atomic mass is 10.0. The first-order valence-electron chi connectivity index (χ1n) is 9.63. The van der Waals surface area contributed by atoms with Gasteiger partial charge in [0.15, 0.2) is 5.76 Å². The van der Waals surface area contributed by atoms with Crippen molar-refractivity contribution in [2.75, 3.05) is 19.5 Å². The van der Waals surface area contributed by atoms with E-state index in [4.69, 9.17) is 13.9 Å². The fraction of sp³-hybridized carbons (Fsp3) is 0.125. The van der Waals surface area contributed by atoms with E-state index in [9.17, 15) is 14.9 Å². The van der Waals surface area contributed by atoms with Gasteiger partial charge in [0, 0.05) is 23.4 Å². The van der Waals surface area contributed by atoms with Crippen molar-refractivity contribution < 1.29 is 23.6 Å². The SMILES string of the molecule is COc1cc(/C=C/c2ccc(NC(=O)c3ccc(C)o3)cc2)c(/C=C/[N+](=O)[O-])c(OC)c1. The van der Waals surface area contributed by atoms with Crippen LogP contribution in [0.3, 0.4) is 0 Å². The molecule has 1 heterocycles. The number of aryl methyl sites for hydroxylation is 1. The summed E-state index contributed by atoms with van der Waals surface area (Å²) in [6, 6.07) is 14.0. The van der Waals surface area contributed by atoms with Gasteiger partial charge in [-0.3, -0.25) is 14.9 Å². The number of anilines is 1. The number of furan rings is 1. The molecule has 1 amide bonds. The molecule has 0 bridgehead atoms. The van der Waals surface area contributed by atoms with Crippen molar-refractivity contribution in [2.45, 2.75) is 6.92 Å². The Labute approximate surface area is 184 Å². The predicted octanol–water partition coefficient (Wildman–Crippen LogP) is 5.28. The lowest BCUT2D eigenvalue weighted by Crippen LogP contribution is -2.10. The molecule has 0 aliphatic rings. The van der Waals surface area contributed by atoms with Gasteiger partial charge in [0.05, 0.1) is 19.1 Å². The summed E-state index contributed by atoms with van der Waals surface area (Å²) < 4.78 is 16.0. The molecular formula is C24H22N2O6. The molecule has 0 aliphatic heterocycles. The molecule has 0 aliphatic carbocycles. The number of ether oxygens (including phenoxy) is 2. The monoisotopic (exact) mass is 434 g/mol. The number of carbonyl (C=O) groups is 1. The lowest BCUT2D eigenvalue weighted by molar-refractivity contribution is -0.400. The van der Waals surface area contributed by atoms with E-state index in [-0.39, 0.29) is 11.7 Å². The lowest BCUT2D eigenvalue weighted by Gasteiger charge is -2.11. The van der Waals surface area contributed by atoms with Crippen LogP contribution in [0.1, 0.15) is 33.0 Å². The zero-order valence-corrected chi connectivity index (χ0v) is 17.8. The Morgan fingerprint density at radius 1 is 1.03 bits per heavy atom. The average molecular weight is 434 g/mol. The van der Waals surface area contributed by atoms with Gasteiger partial charge < -0.3 is 19.2 Å². The Morgan fingerprint density at radius 2 is 1.78 bits per heavy atom. The van der Waals surface area contributed by atoms with Crippen molar-refractivity contribution >= 4 is 29.8 Å². The fourth-order valence-corrected chi connectivity index (χ4v) is 2.97. The molecular weight excluding hydrogens is 412 g/mol. The largest absolute Gasteiger partial charge is 0.497 e. The molecule has 32 heavy (non-hydrogen) atoms. The van der Waals surface area contributed by atoms with Crippen LogP contribution in [-0.2, 0) is 0 Å².